The summed E-state index contributed by atoms with van der Waals surface area (Å²) in [4.78, 5) is 10.6. The summed E-state index contributed by atoms with van der Waals surface area (Å²) in [6.45, 7) is 0. The minimum Gasteiger partial charge on any atom is -0.481 e. The second-order valence-corrected chi connectivity index (χ2v) is 3.68. The summed E-state index contributed by atoms with van der Waals surface area (Å²) in [5.41, 5.74) is 2.02. The number of rotatable bonds is 4. The highest BCUT2D eigenvalue weighted by molar-refractivity contribution is 5.69. The lowest BCUT2D eigenvalue weighted by Crippen LogP contribution is -2.05. The largest absolute Gasteiger partial charge is 0.481 e. The van der Waals surface area contributed by atoms with Crippen molar-refractivity contribution >= 4 is 5.97 Å². The molecule has 1 aromatic carbocycles. The van der Waals surface area contributed by atoms with Crippen LogP contribution in [0.4, 0.5) is 0 Å². The van der Waals surface area contributed by atoms with Gasteiger partial charge in [0.25, 0.3) is 0 Å². The predicted octanol–water partition coefficient (Wildman–Crippen LogP) is 1.58. The lowest BCUT2D eigenvalue weighted by Gasteiger charge is -2.08. The standard InChI is InChI=1S/C12H12N2O3/c15-10(6-11(16)17)9-7-13-14-12(9)8-4-2-1-3-5-8/h1-5,7,10,15H,6H2,(H,13,14)(H,16,17). The average molecular weight is 232 g/mol. The number of H-pyrrole nitrogens is 1. The van der Waals surface area contributed by atoms with Crippen LogP contribution in [0.3, 0.4) is 0 Å². The van der Waals surface area contributed by atoms with E-state index in [-0.39, 0.29) is 6.42 Å². The maximum Gasteiger partial charge on any atom is 0.306 e. The van der Waals surface area contributed by atoms with Gasteiger partial charge in [-0.05, 0) is 5.56 Å². The number of carbonyl (C=O) groups is 1. The molecule has 0 amide bonds. The first-order valence-electron chi connectivity index (χ1n) is 5.17. The minimum absolute atomic E-state index is 0.334. The number of hydrogen-bond acceptors (Lipinski definition) is 3. The first-order chi connectivity index (χ1) is 8.18. The highest BCUT2D eigenvalue weighted by atomic mass is 16.4. The number of aliphatic carboxylic acids is 1. The summed E-state index contributed by atoms with van der Waals surface area (Å²) in [6, 6.07) is 9.34. The number of aromatic nitrogens is 2. The van der Waals surface area contributed by atoms with Gasteiger partial charge in [-0.15, -0.1) is 0 Å². The highest BCUT2D eigenvalue weighted by Crippen LogP contribution is 2.27. The third kappa shape index (κ3) is 2.51. The number of hydrogen-bond donors (Lipinski definition) is 3. The Morgan fingerprint density at radius 2 is 2.06 bits per heavy atom. The van der Waals surface area contributed by atoms with Gasteiger partial charge in [-0.3, -0.25) is 9.89 Å². The summed E-state index contributed by atoms with van der Waals surface area (Å²) in [7, 11) is 0. The Balaban J connectivity index is 2.32. The fraction of sp³-hybridized carbons (Fsp3) is 0.167. The Hall–Kier alpha value is -2.14. The Labute approximate surface area is 97.7 Å². The molecular weight excluding hydrogens is 220 g/mol. The highest BCUT2D eigenvalue weighted by Gasteiger charge is 2.18. The van der Waals surface area contributed by atoms with E-state index in [4.69, 9.17) is 5.11 Å². The molecule has 0 saturated heterocycles. The molecule has 0 aliphatic heterocycles. The van der Waals surface area contributed by atoms with E-state index in [0.717, 1.165) is 5.56 Å². The van der Waals surface area contributed by atoms with Crippen molar-refractivity contribution in [2.75, 3.05) is 0 Å². The van der Waals surface area contributed by atoms with Crippen LogP contribution in [0.5, 0.6) is 0 Å². The lowest BCUT2D eigenvalue weighted by molar-refractivity contribution is -0.139. The molecule has 0 saturated carbocycles. The molecule has 0 aliphatic carbocycles. The van der Waals surface area contributed by atoms with Crippen LogP contribution in [0.25, 0.3) is 11.3 Å². The van der Waals surface area contributed by atoms with Crippen LogP contribution in [0.2, 0.25) is 0 Å². The van der Waals surface area contributed by atoms with E-state index in [9.17, 15) is 9.90 Å². The zero-order chi connectivity index (χ0) is 12.3. The second-order valence-electron chi connectivity index (χ2n) is 3.68. The molecule has 0 fully saturated rings. The van der Waals surface area contributed by atoms with Gasteiger partial charge in [-0.25, -0.2) is 0 Å². The summed E-state index contributed by atoms with van der Waals surface area (Å²) in [5, 5.41) is 25.1. The van der Waals surface area contributed by atoms with E-state index in [0.29, 0.717) is 11.3 Å². The number of carboxylic acid groups (broad SMARTS) is 1. The van der Waals surface area contributed by atoms with E-state index in [1.54, 1.807) is 0 Å². The van der Waals surface area contributed by atoms with Crippen molar-refractivity contribution in [2.45, 2.75) is 12.5 Å². The predicted molar refractivity (Wildman–Crippen MR) is 61.2 cm³/mol. The van der Waals surface area contributed by atoms with Crippen molar-refractivity contribution in [2.24, 2.45) is 0 Å². The van der Waals surface area contributed by atoms with Crippen molar-refractivity contribution in [3.63, 3.8) is 0 Å². The number of carboxylic acids is 1. The van der Waals surface area contributed by atoms with Gasteiger partial charge in [-0.1, -0.05) is 30.3 Å². The summed E-state index contributed by atoms with van der Waals surface area (Å²) in [6.07, 6.45) is 0.0661. The van der Waals surface area contributed by atoms with Crippen LogP contribution >= 0.6 is 0 Å². The molecule has 17 heavy (non-hydrogen) atoms. The van der Waals surface area contributed by atoms with Gasteiger partial charge in [0.05, 0.1) is 24.4 Å². The van der Waals surface area contributed by atoms with Gasteiger partial charge in [0.2, 0.25) is 0 Å². The molecule has 0 aliphatic rings. The molecule has 1 atom stereocenters. The summed E-state index contributed by atoms with van der Waals surface area (Å²) >= 11 is 0. The van der Waals surface area contributed by atoms with Crippen molar-refractivity contribution in [3.05, 3.63) is 42.1 Å². The zero-order valence-corrected chi connectivity index (χ0v) is 9.00. The van der Waals surface area contributed by atoms with Gasteiger partial charge in [0.1, 0.15) is 0 Å². The third-order valence-electron chi connectivity index (χ3n) is 2.46. The van der Waals surface area contributed by atoms with Crippen molar-refractivity contribution in [1.82, 2.24) is 10.2 Å². The number of nitrogens with one attached hydrogen (secondary N) is 1. The molecule has 2 rings (SSSR count). The Bertz CT molecular complexity index is 507. The van der Waals surface area contributed by atoms with Crippen LogP contribution in [0.1, 0.15) is 18.1 Å². The summed E-state index contributed by atoms with van der Waals surface area (Å²) in [5.74, 6) is -1.04. The fourth-order valence-corrected chi connectivity index (χ4v) is 1.66. The van der Waals surface area contributed by atoms with E-state index in [2.05, 4.69) is 10.2 Å². The molecule has 0 bridgehead atoms. The number of nitrogens with zero attached hydrogens (tertiary/aromatic N) is 1. The monoisotopic (exact) mass is 232 g/mol. The Kier molecular flexibility index (Phi) is 3.20. The zero-order valence-electron chi connectivity index (χ0n) is 9.00. The SMILES string of the molecule is O=C(O)CC(O)c1cn[nH]c1-c1ccccc1. The molecule has 88 valence electrons. The molecule has 3 N–H and O–H groups in total. The van der Waals surface area contributed by atoms with Crippen molar-refractivity contribution < 1.29 is 15.0 Å². The van der Waals surface area contributed by atoms with Gasteiger partial charge >= 0.3 is 5.97 Å². The van der Waals surface area contributed by atoms with Gasteiger partial charge in [0, 0.05) is 5.56 Å². The molecule has 2 aromatic rings. The smallest absolute Gasteiger partial charge is 0.306 e. The normalized spacial score (nSPS) is 12.3. The second kappa shape index (κ2) is 4.80. The van der Waals surface area contributed by atoms with E-state index >= 15 is 0 Å². The molecule has 0 radical (unpaired) electrons. The third-order valence-corrected chi connectivity index (χ3v) is 2.46. The molecule has 1 unspecified atom stereocenters. The molecule has 5 nitrogen and oxygen atoms in total. The van der Waals surface area contributed by atoms with Crippen molar-refractivity contribution in [3.8, 4) is 11.3 Å². The molecule has 1 aromatic heterocycles. The number of benzene rings is 1. The molecular formula is C12H12N2O3. The first-order valence-corrected chi connectivity index (χ1v) is 5.17. The maximum absolute atomic E-state index is 10.6. The van der Waals surface area contributed by atoms with Gasteiger partial charge in [0.15, 0.2) is 0 Å². The lowest BCUT2D eigenvalue weighted by atomic mass is 10.0. The quantitative estimate of drug-likeness (QED) is 0.747. The fourth-order valence-electron chi connectivity index (χ4n) is 1.66. The Morgan fingerprint density at radius 3 is 2.71 bits per heavy atom. The van der Waals surface area contributed by atoms with Crippen LogP contribution in [0, 0.1) is 0 Å². The molecule has 1 heterocycles. The average Bonchev–Trinajstić information content (AvgIpc) is 2.78. The molecule has 5 heteroatoms. The van der Waals surface area contributed by atoms with Crippen LogP contribution < -0.4 is 0 Å². The van der Waals surface area contributed by atoms with Gasteiger partial charge in [-0.2, -0.15) is 5.10 Å². The van der Waals surface area contributed by atoms with Crippen LogP contribution in [-0.4, -0.2) is 26.4 Å². The number of aliphatic hydroxyl groups is 1. The van der Waals surface area contributed by atoms with E-state index < -0.39 is 12.1 Å². The summed E-state index contributed by atoms with van der Waals surface area (Å²) < 4.78 is 0. The topological polar surface area (TPSA) is 86.2 Å². The van der Waals surface area contributed by atoms with E-state index in [1.807, 2.05) is 30.3 Å². The number of aromatic amines is 1. The van der Waals surface area contributed by atoms with E-state index in [1.165, 1.54) is 6.20 Å². The Morgan fingerprint density at radius 1 is 1.35 bits per heavy atom. The van der Waals surface area contributed by atoms with Crippen LogP contribution in [-0.2, 0) is 4.79 Å². The van der Waals surface area contributed by atoms with Gasteiger partial charge < -0.3 is 10.2 Å². The van der Waals surface area contributed by atoms with Crippen molar-refractivity contribution in [1.29, 1.82) is 0 Å². The number of aliphatic hydroxyl groups excluding tert-OH is 1. The minimum atomic E-state index is -1.05. The maximum atomic E-state index is 10.6. The molecule has 0 spiro atoms. The van der Waals surface area contributed by atoms with Crippen LogP contribution in [0.15, 0.2) is 36.5 Å². The first kappa shape index (κ1) is 11.3.